The quantitative estimate of drug-likeness (QED) is 0.0261. The molecule has 0 amide bonds. The Labute approximate surface area is 467 Å². The number of unbranched alkanes of at least 4 members (excludes halogenated alkanes) is 45. The standard InChI is InChI=1S/C69H128O6/c1-4-7-10-13-16-19-22-25-28-30-32-33-34-35-37-38-41-44-47-50-53-56-59-62-68(71)74-65-66(64-73-67(70)61-58-55-52-49-46-43-40-27-24-21-18-15-12-9-6-3)75-69(72)63-60-57-54-51-48-45-42-39-36-31-29-26-23-20-17-14-11-8-5-2/h17,20,26,29-30,32,66H,4-16,18-19,21-25,27-28,31,33-65H2,1-3H3/b20-17-,29-26-,32-30-. The SMILES string of the molecule is CCCCC/C=C\C/C=C\CCCCCCCCCCCC(=O)OC(COC(=O)CCCCCCCCCCCCC/C=C\CCCCCCCCCC)COC(=O)CCCCCCCCCCCCCCCCC. The van der Waals surface area contributed by atoms with Gasteiger partial charge in [0.2, 0.25) is 0 Å². The molecule has 6 heteroatoms. The van der Waals surface area contributed by atoms with Crippen LogP contribution >= 0.6 is 0 Å². The van der Waals surface area contributed by atoms with Crippen LogP contribution in [0.5, 0.6) is 0 Å². The molecule has 0 aromatic rings. The van der Waals surface area contributed by atoms with Crippen LogP contribution < -0.4 is 0 Å². The minimum absolute atomic E-state index is 0.0692. The van der Waals surface area contributed by atoms with Crippen molar-refractivity contribution in [2.45, 2.75) is 374 Å². The molecule has 0 fully saturated rings. The zero-order valence-corrected chi connectivity index (χ0v) is 50.6. The van der Waals surface area contributed by atoms with Crippen LogP contribution in [-0.2, 0) is 28.6 Å². The molecule has 0 N–H and O–H groups in total. The Bertz CT molecular complexity index is 1250. The highest BCUT2D eigenvalue weighted by Gasteiger charge is 2.19. The van der Waals surface area contributed by atoms with Crippen LogP contribution in [-0.4, -0.2) is 37.2 Å². The van der Waals surface area contributed by atoms with Crippen LogP contribution in [0.4, 0.5) is 0 Å². The summed E-state index contributed by atoms with van der Waals surface area (Å²) in [7, 11) is 0. The molecule has 1 unspecified atom stereocenters. The van der Waals surface area contributed by atoms with E-state index in [1.807, 2.05) is 0 Å². The summed E-state index contributed by atoms with van der Waals surface area (Å²) in [4.78, 5) is 38.4. The molecule has 0 aliphatic heterocycles. The van der Waals surface area contributed by atoms with Crippen molar-refractivity contribution in [3.63, 3.8) is 0 Å². The Kier molecular flexibility index (Phi) is 62.1. The molecule has 75 heavy (non-hydrogen) atoms. The zero-order valence-electron chi connectivity index (χ0n) is 50.6. The van der Waals surface area contributed by atoms with Crippen molar-refractivity contribution in [3.8, 4) is 0 Å². The topological polar surface area (TPSA) is 78.9 Å². The van der Waals surface area contributed by atoms with Crippen LogP contribution in [0.1, 0.15) is 367 Å². The van der Waals surface area contributed by atoms with Gasteiger partial charge < -0.3 is 14.2 Å². The molecule has 6 nitrogen and oxygen atoms in total. The van der Waals surface area contributed by atoms with Crippen molar-refractivity contribution >= 4 is 17.9 Å². The average Bonchev–Trinajstić information content (AvgIpc) is 3.41. The number of ether oxygens (including phenoxy) is 3. The third-order valence-corrected chi connectivity index (χ3v) is 15.1. The Morgan fingerprint density at radius 2 is 0.480 bits per heavy atom. The van der Waals surface area contributed by atoms with Crippen LogP contribution in [0.25, 0.3) is 0 Å². The minimum Gasteiger partial charge on any atom is -0.462 e. The van der Waals surface area contributed by atoms with E-state index in [0.29, 0.717) is 19.3 Å². The summed E-state index contributed by atoms with van der Waals surface area (Å²) in [5.74, 6) is -0.848. The van der Waals surface area contributed by atoms with Gasteiger partial charge in [-0.05, 0) is 77.0 Å². The molecule has 1 atom stereocenters. The van der Waals surface area contributed by atoms with E-state index >= 15 is 0 Å². The van der Waals surface area contributed by atoms with Gasteiger partial charge in [0, 0.05) is 19.3 Å². The molecule has 0 heterocycles. The lowest BCUT2D eigenvalue weighted by molar-refractivity contribution is -0.167. The fourth-order valence-electron chi connectivity index (χ4n) is 10.1. The van der Waals surface area contributed by atoms with Gasteiger partial charge in [0.15, 0.2) is 6.10 Å². The van der Waals surface area contributed by atoms with E-state index in [-0.39, 0.29) is 31.1 Å². The number of hydrogen-bond donors (Lipinski definition) is 0. The molecule has 0 aliphatic carbocycles. The Morgan fingerprint density at radius 3 is 0.773 bits per heavy atom. The summed E-state index contributed by atoms with van der Waals surface area (Å²) in [5.41, 5.74) is 0. The predicted molar refractivity (Wildman–Crippen MR) is 326 cm³/mol. The third-order valence-electron chi connectivity index (χ3n) is 15.1. The fourth-order valence-corrected chi connectivity index (χ4v) is 10.1. The van der Waals surface area contributed by atoms with Crippen LogP contribution in [0.2, 0.25) is 0 Å². The van der Waals surface area contributed by atoms with Crippen molar-refractivity contribution in [2.75, 3.05) is 13.2 Å². The molecule has 0 radical (unpaired) electrons. The fraction of sp³-hybridized carbons (Fsp3) is 0.870. The number of allylic oxidation sites excluding steroid dienone is 6. The van der Waals surface area contributed by atoms with Gasteiger partial charge in [-0.2, -0.15) is 0 Å². The first kappa shape index (κ1) is 72.6. The molecule has 0 saturated heterocycles. The second-order valence-electron chi connectivity index (χ2n) is 22.7. The first-order chi connectivity index (χ1) is 37.0. The second kappa shape index (κ2) is 64.2. The predicted octanol–water partition coefficient (Wildman–Crippen LogP) is 22.8. The molecule has 0 rings (SSSR count). The summed E-state index contributed by atoms with van der Waals surface area (Å²) < 4.78 is 17.0. The van der Waals surface area contributed by atoms with E-state index in [0.717, 1.165) is 64.2 Å². The van der Waals surface area contributed by atoms with E-state index in [2.05, 4.69) is 57.2 Å². The van der Waals surface area contributed by atoms with E-state index in [4.69, 9.17) is 14.2 Å². The van der Waals surface area contributed by atoms with Gasteiger partial charge >= 0.3 is 17.9 Å². The largest absolute Gasteiger partial charge is 0.462 e. The Balaban J connectivity index is 4.30. The summed E-state index contributed by atoms with van der Waals surface area (Å²) in [6, 6.07) is 0. The Hall–Kier alpha value is -2.37. The van der Waals surface area contributed by atoms with Crippen molar-refractivity contribution in [1.29, 1.82) is 0 Å². The number of carbonyl (C=O) groups is 3. The lowest BCUT2D eigenvalue weighted by Gasteiger charge is -2.18. The van der Waals surface area contributed by atoms with Crippen molar-refractivity contribution in [2.24, 2.45) is 0 Å². The van der Waals surface area contributed by atoms with Gasteiger partial charge in [-0.1, -0.05) is 308 Å². The maximum absolute atomic E-state index is 12.9. The highest BCUT2D eigenvalue weighted by molar-refractivity contribution is 5.71. The summed E-state index contributed by atoms with van der Waals surface area (Å²) in [5, 5.41) is 0. The van der Waals surface area contributed by atoms with Gasteiger partial charge in [-0.25, -0.2) is 0 Å². The van der Waals surface area contributed by atoms with Gasteiger partial charge in [-0.3, -0.25) is 14.4 Å². The van der Waals surface area contributed by atoms with E-state index in [1.165, 1.54) is 263 Å². The molecule has 0 saturated carbocycles. The highest BCUT2D eigenvalue weighted by atomic mass is 16.6. The molecule has 440 valence electrons. The van der Waals surface area contributed by atoms with Gasteiger partial charge in [-0.15, -0.1) is 0 Å². The monoisotopic (exact) mass is 1050 g/mol. The molecule has 0 bridgehead atoms. The van der Waals surface area contributed by atoms with Crippen LogP contribution in [0.15, 0.2) is 36.5 Å². The normalized spacial score (nSPS) is 12.2. The molecular weight excluding hydrogens is 925 g/mol. The number of rotatable bonds is 62. The van der Waals surface area contributed by atoms with Gasteiger partial charge in [0.1, 0.15) is 13.2 Å². The second-order valence-corrected chi connectivity index (χ2v) is 22.7. The summed E-state index contributed by atoms with van der Waals surface area (Å²) >= 11 is 0. The number of esters is 3. The molecule has 0 aliphatic rings. The number of carbonyl (C=O) groups excluding carboxylic acids is 3. The summed E-state index contributed by atoms with van der Waals surface area (Å²) in [6.07, 6.45) is 78.7. The maximum atomic E-state index is 12.9. The first-order valence-corrected chi connectivity index (χ1v) is 33.5. The molecule has 0 spiro atoms. The van der Waals surface area contributed by atoms with Gasteiger partial charge in [0.25, 0.3) is 0 Å². The smallest absolute Gasteiger partial charge is 0.306 e. The highest BCUT2D eigenvalue weighted by Crippen LogP contribution is 2.18. The number of hydrogen-bond acceptors (Lipinski definition) is 6. The molecule has 0 aromatic heterocycles. The van der Waals surface area contributed by atoms with E-state index in [9.17, 15) is 14.4 Å². The van der Waals surface area contributed by atoms with Crippen molar-refractivity contribution in [1.82, 2.24) is 0 Å². The maximum Gasteiger partial charge on any atom is 0.306 e. The molecule has 0 aromatic carbocycles. The minimum atomic E-state index is -0.773. The lowest BCUT2D eigenvalue weighted by Crippen LogP contribution is -2.30. The van der Waals surface area contributed by atoms with E-state index in [1.54, 1.807) is 0 Å². The summed E-state index contributed by atoms with van der Waals surface area (Å²) in [6.45, 7) is 6.68. The van der Waals surface area contributed by atoms with Crippen LogP contribution in [0.3, 0.4) is 0 Å². The Morgan fingerprint density at radius 1 is 0.267 bits per heavy atom. The average molecular weight is 1050 g/mol. The molecular formula is C69H128O6. The third kappa shape index (κ3) is 62.4. The van der Waals surface area contributed by atoms with E-state index < -0.39 is 6.10 Å². The lowest BCUT2D eigenvalue weighted by atomic mass is 10.0. The van der Waals surface area contributed by atoms with Crippen LogP contribution in [0, 0.1) is 0 Å². The van der Waals surface area contributed by atoms with Crippen molar-refractivity contribution in [3.05, 3.63) is 36.5 Å². The zero-order chi connectivity index (χ0) is 54.3. The van der Waals surface area contributed by atoms with Crippen molar-refractivity contribution < 1.29 is 28.6 Å². The van der Waals surface area contributed by atoms with Gasteiger partial charge in [0.05, 0.1) is 0 Å². The first-order valence-electron chi connectivity index (χ1n) is 33.5.